The van der Waals surface area contributed by atoms with Gasteiger partial charge in [-0.2, -0.15) is 11.8 Å². The fraction of sp³-hybridized carbons (Fsp3) is 1.00. The molecule has 0 amide bonds. The molecule has 1 heterocycles. The van der Waals surface area contributed by atoms with Crippen molar-refractivity contribution in [2.75, 3.05) is 30.9 Å². The quantitative estimate of drug-likeness (QED) is 0.786. The van der Waals surface area contributed by atoms with Gasteiger partial charge in [-0.25, -0.2) is 8.42 Å². The first kappa shape index (κ1) is 14.3. The Morgan fingerprint density at radius 2 is 2.25 bits per heavy atom. The molecular weight excluding hydrogens is 244 g/mol. The third-order valence-corrected chi connectivity index (χ3v) is 5.68. The Morgan fingerprint density at radius 3 is 2.81 bits per heavy atom. The third-order valence-electron chi connectivity index (χ3n) is 3.00. The van der Waals surface area contributed by atoms with E-state index in [1.807, 2.05) is 0 Å². The summed E-state index contributed by atoms with van der Waals surface area (Å²) in [4.78, 5) is 2.07. The fourth-order valence-electron chi connectivity index (χ4n) is 1.80. The topological polar surface area (TPSA) is 63.4 Å². The Balaban J connectivity index is 2.54. The lowest BCUT2D eigenvalue weighted by Crippen LogP contribution is -2.48. The van der Waals surface area contributed by atoms with E-state index in [9.17, 15) is 8.42 Å². The van der Waals surface area contributed by atoms with E-state index < -0.39 is 9.84 Å². The maximum Gasteiger partial charge on any atom is 0.164 e. The molecule has 0 radical (unpaired) electrons. The van der Waals surface area contributed by atoms with Gasteiger partial charge in [0.15, 0.2) is 9.84 Å². The van der Waals surface area contributed by atoms with E-state index in [0.29, 0.717) is 5.75 Å². The number of hydrogen-bond donors (Lipinski definition) is 1. The first-order chi connectivity index (χ1) is 7.45. The van der Waals surface area contributed by atoms with Gasteiger partial charge in [0.2, 0.25) is 0 Å². The molecule has 2 atom stereocenters. The van der Waals surface area contributed by atoms with Gasteiger partial charge in [0.1, 0.15) is 5.37 Å². The van der Waals surface area contributed by atoms with Crippen LogP contribution in [0.2, 0.25) is 0 Å². The summed E-state index contributed by atoms with van der Waals surface area (Å²) in [7, 11) is -2.97. The molecule has 1 aliphatic rings. The van der Waals surface area contributed by atoms with Crippen LogP contribution in [0.5, 0.6) is 0 Å². The van der Waals surface area contributed by atoms with E-state index in [2.05, 4.69) is 11.8 Å². The van der Waals surface area contributed by atoms with Crippen LogP contribution in [0.15, 0.2) is 0 Å². The largest absolute Gasteiger partial charge is 0.328 e. The molecule has 0 aromatic rings. The summed E-state index contributed by atoms with van der Waals surface area (Å²) in [5, 5.41) is -0.310. The van der Waals surface area contributed by atoms with E-state index in [4.69, 9.17) is 5.73 Å². The molecule has 4 nitrogen and oxygen atoms in total. The van der Waals surface area contributed by atoms with Crippen LogP contribution in [0.3, 0.4) is 0 Å². The molecule has 2 unspecified atom stereocenters. The minimum absolute atomic E-state index is 0.190. The van der Waals surface area contributed by atoms with Crippen LogP contribution in [0.1, 0.15) is 19.8 Å². The highest BCUT2D eigenvalue weighted by Gasteiger charge is 2.30. The molecule has 1 fully saturated rings. The van der Waals surface area contributed by atoms with Gasteiger partial charge in [-0.1, -0.05) is 6.92 Å². The SMILES string of the molecule is CCC(N)CCN1CCSCC1S(C)(=O)=O. The van der Waals surface area contributed by atoms with E-state index in [0.717, 1.165) is 31.7 Å². The Labute approximate surface area is 103 Å². The molecule has 6 heteroatoms. The second-order valence-corrected chi connectivity index (χ2v) is 7.71. The number of nitrogens with two attached hydrogens (primary N) is 1. The number of sulfone groups is 1. The lowest BCUT2D eigenvalue weighted by Gasteiger charge is -2.34. The summed E-state index contributed by atoms with van der Waals surface area (Å²) in [6.07, 6.45) is 3.16. The van der Waals surface area contributed by atoms with Crippen molar-refractivity contribution >= 4 is 21.6 Å². The smallest absolute Gasteiger partial charge is 0.164 e. The zero-order valence-electron chi connectivity index (χ0n) is 10.1. The van der Waals surface area contributed by atoms with E-state index in [1.165, 1.54) is 6.26 Å². The Hall–Kier alpha value is 0.220. The second-order valence-electron chi connectivity index (χ2n) is 4.35. The molecular formula is C10H22N2O2S2. The summed E-state index contributed by atoms with van der Waals surface area (Å²) in [5.74, 6) is 1.72. The zero-order chi connectivity index (χ0) is 12.2. The summed E-state index contributed by atoms with van der Waals surface area (Å²) in [5.41, 5.74) is 5.86. The van der Waals surface area contributed by atoms with E-state index in [-0.39, 0.29) is 11.4 Å². The predicted molar refractivity (Wildman–Crippen MR) is 70.4 cm³/mol. The van der Waals surface area contributed by atoms with Crippen LogP contribution in [0.25, 0.3) is 0 Å². The van der Waals surface area contributed by atoms with Crippen molar-refractivity contribution in [2.45, 2.75) is 31.2 Å². The first-order valence-corrected chi connectivity index (χ1v) is 8.82. The molecule has 0 aromatic heterocycles. The Morgan fingerprint density at radius 1 is 1.56 bits per heavy atom. The van der Waals surface area contributed by atoms with Gasteiger partial charge in [-0.15, -0.1) is 0 Å². The van der Waals surface area contributed by atoms with Crippen LogP contribution >= 0.6 is 11.8 Å². The normalized spacial score (nSPS) is 25.6. The van der Waals surface area contributed by atoms with Crippen LogP contribution in [-0.4, -0.2) is 55.6 Å². The molecule has 0 spiro atoms. The molecule has 0 aliphatic carbocycles. The van der Waals surface area contributed by atoms with Crippen LogP contribution in [0, 0.1) is 0 Å². The van der Waals surface area contributed by atoms with E-state index in [1.54, 1.807) is 11.8 Å². The average Bonchev–Trinajstić information content (AvgIpc) is 2.25. The molecule has 0 saturated carbocycles. The van der Waals surface area contributed by atoms with Crippen molar-refractivity contribution in [1.29, 1.82) is 0 Å². The monoisotopic (exact) mass is 266 g/mol. The lowest BCUT2D eigenvalue weighted by atomic mass is 10.1. The van der Waals surface area contributed by atoms with Crippen LogP contribution in [0.4, 0.5) is 0 Å². The summed E-state index contributed by atoms with van der Waals surface area (Å²) in [6.45, 7) is 3.72. The highest BCUT2D eigenvalue weighted by atomic mass is 32.2. The van der Waals surface area contributed by atoms with E-state index >= 15 is 0 Å². The van der Waals surface area contributed by atoms with Gasteiger partial charge in [0.25, 0.3) is 0 Å². The number of rotatable bonds is 5. The molecule has 1 rings (SSSR count). The van der Waals surface area contributed by atoms with Gasteiger partial charge in [-0.3, -0.25) is 4.90 Å². The van der Waals surface area contributed by atoms with Gasteiger partial charge >= 0.3 is 0 Å². The molecule has 1 saturated heterocycles. The molecule has 1 aliphatic heterocycles. The van der Waals surface area contributed by atoms with Crippen LogP contribution < -0.4 is 5.73 Å². The number of thioether (sulfide) groups is 1. The van der Waals surface area contributed by atoms with Crippen molar-refractivity contribution < 1.29 is 8.42 Å². The number of nitrogens with zero attached hydrogens (tertiary/aromatic N) is 1. The maximum atomic E-state index is 11.6. The van der Waals surface area contributed by atoms with Crippen molar-refractivity contribution in [3.05, 3.63) is 0 Å². The van der Waals surface area contributed by atoms with Crippen molar-refractivity contribution in [3.8, 4) is 0 Å². The summed E-state index contributed by atoms with van der Waals surface area (Å²) < 4.78 is 23.2. The standard InChI is InChI=1S/C10H22N2O2S2/c1-3-9(11)4-5-12-6-7-15-8-10(12)16(2,13)14/h9-10H,3-8,11H2,1-2H3. The first-order valence-electron chi connectivity index (χ1n) is 5.71. The lowest BCUT2D eigenvalue weighted by molar-refractivity contribution is 0.259. The van der Waals surface area contributed by atoms with Crippen molar-refractivity contribution in [3.63, 3.8) is 0 Å². The maximum absolute atomic E-state index is 11.6. The Kier molecular flexibility index (Phi) is 5.56. The molecule has 96 valence electrons. The van der Waals surface area contributed by atoms with Gasteiger partial charge < -0.3 is 5.73 Å². The van der Waals surface area contributed by atoms with Gasteiger partial charge in [0, 0.05) is 36.9 Å². The second kappa shape index (κ2) is 6.23. The number of hydrogen-bond acceptors (Lipinski definition) is 5. The highest BCUT2D eigenvalue weighted by Crippen LogP contribution is 2.20. The average molecular weight is 266 g/mol. The minimum Gasteiger partial charge on any atom is -0.328 e. The molecule has 0 aromatic carbocycles. The van der Waals surface area contributed by atoms with Gasteiger partial charge in [0.05, 0.1) is 0 Å². The molecule has 16 heavy (non-hydrogen) atoms. The molecule has 0 bridgehead atoms. The highest BCUT2D eigenvalue weighted by molar-refractivity contribution is 8.00. The Bertz CT molecular complexity index is 306. The minimum atomic E-state index is -2.97. The van der Waals surface area contributed by atoms with Crippen molar-refractivity contribution in [2.24, 2.45) is 5.73 Å². The van der Waals surface area contributed by atoms with Crippen LogP contribution in [-0.2, 0) is 9.84 Å². The predicted octanol–water partition coefficient (Wildman–Crippen LogP) is 0.533. The third kappa shape index (κ3) is 4.24. The molecule has 2 N–H and O–H groups in total. The van der Waals surface area contributed by atoms with Crippen molar-refractivity contribution in [1.82, 2.24) is 4.90 Å². The fourth-order valence-corrected chi connectivity index (χ4v) is 4.77. The van der Waals surface area contributed by atoms with Gasteiger partial charge in [-0.05, 0) is 12.8 Å². The summed E-state index contributed by atoms with van der Waals surface area (Å²) >= 11 is 1.72. The summed E-state index contributed by atoms with van der Waals surface area (Å²) in [6, 6.07) is 0.190. The zero-order valence-corrected chi connectivity index (χ0v) is 11.7.